The molecule has 1 aromatic carbocycles. The molecule has 27 heavy (non-hydrogen) atoms. The summed E-state index contributed by atoms with van der Waals surface area (Å²) in [7, 11) is 2.16. The van der Waals surface area contributed by atoms with E-state index in [0.29, 0.717) is 6.42 Å². The van der Waals surface area contributed by atoms with Gasteiger partial charge in [-0.1, -0.05) is 6.07 Å². The molecule has 1 saturated heterocycles. The molecule has 2 aromatic heterocycles. The number of aromatic nitrogens is 1. The highest BCUT2D eigenvalue weighted by atomic mass is 32.1. The molecule has 4 rings (SSSR count). The zero-order chi connectivity index (χ0) is 18.8. The van der Waals surface area contributed by atoms with Crippen molar-refractivity contribution in [2.75, 3.05) is 43.4 Å². The van der Waals surface area contributed by atoms with Crippen molar-refractivity contribution in [3.8, 4) is 0 Å². The van der Waals surface area contributed by atoms with Gasteiger partial charge in [0.15, 0.2) is 0 Å². The summed E-state index contributed by atoms with van der Waals surface area (Å²) in [5, 5.41) is 6.08. The lowest BCUT2D eigenvalue weighted by Gasteiger charge is -2.33. The summed E-state index contributed by atoms with van der Waals surface area (Å²) in [5.74, 6) is 1.05. The molecule has 1 aliphatic rings. The number of nitrogens with one attached hydrogen (secondary N) is 1. The molecule has 0 aliphatic carbocycles. The number of likely N-dealkylation sites (N-methyl/N-ethyl adjacent to an activating group) is 1. The second kappa shape index (κ2) is 7.66. The molecule has 1 aliphatic heterocycles. The quantitative estimate of drug-likeness (QED) is 0.752. The van der Waals surface area contributed by atoms with Gasteiger partial charge in [0, 0.05) is 42.1 Å². The standard InChI is InChI=1S/C21H24N4OS/c1-15-12-20(25-9-7-24(2)8-10-25)23-19-6-5-16(13-18(15)19)22-21(26)14-17-4-3-11-27-17/h3-6,11-13H,7-10,14H2,1-2H3,(H,22,26). The minimum absolute atomic E-state index is 0.0106. The molecule has 0 atom stereocenters. The van der Waals surface area contributed by atoms with Crippen molar-refractivity contribution in [2.24, 2.45) is 0 Å². The van der Waals surface area contributed by atoms with E-state index >= 15 is 0 Å². The third-order valence-electron chi connectivity index (χ3n) is 5.03. The largest absolute Gasteiger partial charge is 0.354 e. The molecular weight excluding hydrogens is 356 g/mol. The molecule has 0 saturated carbocycles. The Labute approximate surface area is 163 Å². The highest BCUT2D eigenvalue weighted by Gasteiger charge is 2.16. The fourth-order valence-electron chi connectivity index (χ4n) is 3.43. The maximum Gasteiger partial charge on any atom is 0.229 e. The van der Waals surface area contributed by atoms with Crippen molar-refractivity contribution in [2.45, 2.75) is 13.3 Å². The Kier molecular flexibility index (Phi) is 5.09. The highest BCUT2D eigenvalue weighted by Crippen LogP contribution is 2.26. The molecule has 0 bridgehead atoms. The summed E-state index contributed by atoms with van der Waals surface area (Å²) in [5.41, 5.74) is 2.98. The van der Waals surface area contributed by atoms with E-state index < -0.39 is 0 Å². The van der Waals surface area contributed by atoms with Gasteiger partial charge in [-0.25, -0.2) is 4.98 Å². The maximum atomic E-state index is 12.3. The smallest absolute Gasteiger partial charge is 0.229 e. The summed E-state index contributed by atoms with van der Waals surface area (Å²) in [6.07, 6.45) is 0.412. The molecule has 0 spiro atoms. The van der Waals surface area contributed by atoms with Crippen LogP contribution in [0.4, 0.5) is 11.5 Å². The van der Waals surface area contributed by atoms with Crippen LogP contribution < -0.4 is 10.2 Å². The van der Waals surface area contributed by atoms with E-state index in [1.54, 1.807) is 11.3 Å². The first-order chi connectivity index (χ1) is 13.1. The van der Waals surface area contributed by atoms with Gasteiger partial charge in [0.1, 0.15) is 5.82 Å². The number of aryl methyl sites for hydroxylation is 1. The molecule has 3 aromatic rings. The number of pyridine rings is 1. The van der Waals surface area contributed by atoms with Gasteiger partial charge in [-0.05, 0) is 55.2 Å². The van der Waals surface area contributed by atoms with E-state index in [9.17, 15) is 4.79 Å². The second-order valence-electron chi connectivity index (χ2n) is 7.12. The van der Waals surface area contributed by atoms with Crippen molar-refractivity contribution in [3.05, 3.63) is 52.2 Å². The average Bonchev–Trinajstić information content (AvgIpc) is 3.15. The number of nitrogens with zero attached hydrogens (tertiary/aromatic N) is 3. The van der Waals surface area contributed by atoms with Crippen molar-refractivity contribution in [1.29, 1.82) is 0 Å². The number of hydrogen-bond donors (Lipinski definition) is 1. The molecule has 6 heteroatoms. The average molecular weight is 381 g/mol. The van der Waals surface area contributed by atoms with E-state index in [2.05, 4.69) is 35.2 Å². The first-order valence-corrected chi connectivity index (χ1v) is 10.1. The first kappa shape index (κ1) is 17.9. The van der Waals surface area contributed by atoms with Gasteiger partial charge >= 0.3 is 0 Å². The Morgan fingerprint density at radius 1 is 1.19 bits per heavy atom. The van der Waals surface area contributed by atoms with Crippen molar-refractivity contribution >= 4 is 39.7 Å². The normalized spacial score (nSPS) is 15.3. The number of benzene rings is 1. The molecule has 140 valence electrons. The Morgan fingerprint density at radius 2 is 2.00 bits per heavy atom. The van der Waals surface area contributed by atoms with Crippen LogP contribution in [0.2, 0.25) is 0 Å². The zero-order valence-corrected chi connectivity index (χ0v) is 16.6. The van der Waals surface area contributed by atoms with Crippen molar-refractivity contribution in [3.63, 3.8) is 0 Å². The van der Waals surface area contributed by atoms with Crippen LogP contribution in [0.25, 0.3) is 10.9 Å². The van der Waals surface area contributed by atoms with Crippen LogP contribution in [0.5, 0.6) is 0 Å². The summed E-state index contributed by atoms with van der Waals surface area (Å²) in [6, 6.07) is 12.1. The lowest BCUT2D eigenvalue weighted by molar-refractivity contribution is -0.115. The third kappa shape index (κ3) is 4.12. The van der Waals surface area contributed by atoms with E-state index in [-0.39, 0.29) is 5.91 Å². The monoisotopic (exact) mass is 380 g/mol. The summed E-state index contributed by atoms with van der Waals surface area (Å²) in [4.78, 5) is 22.9. The van der Waals surface area contributed by atoms with Gasteiger partial charge in [0.25, 0.3) is 0 Å². The van der Waals surface area contributed by atoms with Gasteiger partial charge in [-0.15, -0.1) is 11.3 Å². The molecule has 3 heterocycles. The molecule has 1 amide bonds. The molecule has 0 radical (unpaired) electrons. The minimum Gasteiger partial charge on any atom is -0.354 e. The predicted molar refractivity (Wildman–Crippen MR) is 113 cm³/mol. The number of anilines is 2. The Hall–Kier alpha value is -2.44. The van der Waals surface area contributed by atoms with E-state index in [0.717, 1.165) is 53.5 Å². The number of amides is 1. The molecule has 1 fully saturated rings. The summed E-state index contributed by atoms with van der Waals surface area (Å²) in [6.45, 7) is 6.25. The lowest BCUT2D eigenvalue weighted by atomic mass is 10.1. The molecule has 0 unspecified atom stereocenters. The zero-order valence-electron chi connectivity index (χ0n) is 15.7. The first-order valence-electron chi connectivity index (χ1n) is 9.25. The van der Waals surface area contributed by atoms with Crippen LogP contribution >= 0.6 is 11.3 Å². The number of carbonyl (C=O) groups excluding carboxylic acids is 1. The number of fused-ring (bicyclic) bond motifs is 1. The Bertz CT molecular complexity index is 946. The fraction of sp³-hybridized carbons (Fsp3) is 0.333. The van der Waals surface area contributed by atoms with Gasteiger partial charge in [-0.3, -0.25) is 4.79 Å². The Balaban J connectivity index is 1.53. The molecule has 1 N–H and O–H groups in total. The van der Waals surface area contributed by atoms with Crippen LogP contribution in [-0.2, 0) is 11.2 Å². The number of piperazine rings is 1. The SMILES string of the molecule is Cc1cc(N2CCN(C)CC2)nc2ccc(NC(=O)Cc3cccs3)cc12. The van der Waals surface area contributed by atoms with Gasteiger partial charge < -0.3 is 15.1 Å². The van der Waals surface area contributed by atoms with E-state index in [1.165, 1.54) is 5.56 Å². The molecular formula is C21H24N4OS. The highest BCUT2D eigenvalue weighted by molar-refractivity contribution is 7.10. The van der Waals surface area contributed by atoms with Crippen LogP contribution in [0.1, 0.15) is 10.4 Å². The summed E-state index contributed by atoms with van der Waals surface area (Å²) >= 11 is 1.60. The van der Waals surface area contributed by atoms with Crippen molar-refractivity contribution in [1.82, 2.24) is 9.88 Å². The maximum absolute atomic E-state index is 12.3. The summed E-state index contributed by atoms with van der Waals surface area (Å²) < 4.78 is 0. The van der Waals surface area contributed by atoms with E-state index in [4.69, 9.17) is 4.98 Å². The number of carbonyl (C=O) groups is 1. The van der Waals surface area contributed by atoms with Crippen LogP contribution in [0, 0.1) is 6.92 Å². The van der Waals surface area contributed by atoms with Crippen LogP contribution in [-0.4, -0.2) is 49.0 Å². The Morgan fingerprint density at radius 3 is 2.74 bits per heavy atom. The van der Waals surface area contributed by atoms with Crippen LogP contribution in [0.3, 0.4) is 0 Å². The fourth-order valence-corrected chi connectivity index (χ4v) is 4.13. The number of hydrogen-bond acceptors (Lipinski definition) is 5. The van der Waals surface area contributed by atoms with Gasteiger partial charge in [-0.2, -0.15) is 0 Å². The topological polar surface area (TPSA) is 48.5 Å². The lowest BCUT2D eigenvalue weighted by Crippen LogP contribution is -2.44. The predicted octanol–water partition coefficient (Wildman–Crippen LogP) is 3.54. The minimum atomic E-state index is 0.0106. The third-order valence-corrected chi connectivity index (χ3v) is 5.90. The second-order valence-corrected chi connectivity index (χ2v) is 8.16. The number of rotatable bonds is 4. The van der Waals surface area contributed by atoms with Gasteiger partial charge in [0.2, 0.25) is 5.91 Å². The van der Waals surface area contributed by atoms with Crippen LogP contribution in [0.15, 0.2) is 41.8 Å². The van der Waals surface area contributed by atoms with Crippen molar-refractivity contribution < 1.29 is 4.79 Å². The van der Waals surface area contributed by atoms with E-state index in [1.807, 2.05) is 35.7 Å². The molecule has 5 nitrogen and oxygen atoms in total. The number of thiophene rings is 1. The van der Waals surface area contributed by atoms with Gasteiger partial charge in [0.05, 0.1) is 11.9 Å².